The van der Waals surface area contributed by atoms with Crippen molar-refractivity contribution in [1.82, 2.24) is 0 Å². The first-order chi connectivity index (χ1) is 9.92. The molecule has 0 heteroatoms. The summed E-state index contributed by atoms with van der Waals surface area (Å²) < 4.78 is 0. The van der Waals surface area contributed by atoms with Crippen molar-refractivity contribution in [2.24, 2.45) is 23.7 Å². The number of rotatable bonds is 2. The summed E-state index contributed by atoms with van der Waals surface area (Å²) in [7, 11) is 0. The zero-order valence-electron chi connectivity index (χ0n) is 11.4. The molecule has 4 atom stereocenters. The first kappa shape index (κ1) is 10.9. The minimum absolute atomic E-state index is 0.291. The number of fused-ring (bicyclic) bond motifs is 5. The van der Waals surface area contributed by atoms with Crippen molar-refractivity contribution in [3.05, 3.63) is 83.9 Å². The quantitative estimate of drug-likeness (QED) is 0.699. The molecule has 2 aromatic carbocycles. The molecule has 0 N–H and O–H groups in total. The Morgan fingerprint density at radius 3 is 1.55 bits per heavy atom. The Balaban J connectivity index is 1.71. The molecule has 0 amide bonds. The van der Waals surface area contributed by atoms with Crippen molar-refractivity contribution in [2.45, 2.75) is 11.8 Å². The molecule has 2 bridgehead atoms. The highest BCUT2D eigenvalue weighted by Gasteiger charge is 2.74. The van der Waals surface area contributed by atoms with Gasteiger partial charge in [-0.2, -0.15) is 0 Å². The minimum Gasteiger partial charge on any atom is -0.0848 e. The van der Waals surface area contributed by atoms with E-state index in [2.05, 4.69) is 72.8 Å². The lowest BCUT2D eigenvalue weighted by atomic mass is 9.78. The van der Waals surface area contributed by atoms with Crippen LogP contribution in [0.25, 0.3) is 0 Å². The van der Waals surface area contributed by atoms with Crippen LogP contribution < -0.4 is 0 Å². The molecule has 3 aliphatic carbocycles. The van der Waals surface area contributed by atoms with Gasteiger partial charge in [-0.05, 0) is 41.2 Å². The van der Waals surface area contributed by atoms with Gasteiger partial charge >= 0.3 is 0 Å². The molecule has 2 saturated carbocycles. The second kappa shape index (κ2) is 3.63. The molecule has 0 saturated heterocycles. The van der Waals surface area contributed by atoms with Crippen molar-refractivity contribution in [3.8, 4) is 0 Å². The first-order valence-electron chi connectivity index (χ1n) is 7.72. The second-order valence-corrected chi connectivity index (χ2v) is 6.60. The number of hydrogen-bond acceptors (Lipinski definition) is 0. The summed E-state index contributed by atoms with van der Waals surface area (Å²) >= 11 is 0. The fraction of sp³-hybridized carbons (Fsp3) is 0.300. The standard InChI is InChI=1S/C20H18/c1-3-7-16(8-4-1)20(17-9-5-2-6-10-17)18-14-11-12-15(13-14)19(18)20/h1-12,14-15,18-19H,13H2/t14-,15+,18+,19-. The van der Waals surface area contributed by atoms with Gasteiger partial charge in [0.2, 0.25) is 0 Å². The van der Waals surface area contributed by atoms with E-state index in [1.807, 2.05) is 0 Å². The van der Waals surface area contributed by atoms with Gasteiger partial charge < -0.3 is 0 Å². The van der Waals surface area contributed by atoms with Crippen LogP contribution in [0, 0.1) is 23.7 Å². The Labute approximate surface area is 120 Å². The summed E-state index contributed by atoms with van der Waals surface area (Å²) in [5.74, 6) is 3.29. The van der Waals surface area contributed by atoms with Crippen molar-refractivity contribution in [1.29, 1.82) is 0 Å². The van der Waals surface area contributed by atoms with E-state index in [1.165, 1.54) is 17.5 Å². The molecule has 0 aliphatic heterocycles. The van der Waals surface area contributed by atoms with Crippen molar-refractivity contribution in [3.63, 3.8) is 0 Å². The molecule has 98 valence electrons. The van der Waals surface area contributed by atoms with Gasteiger partial charge in [0, 0.05) is 5.41 Å². The van der Waals surface area contributed by atoms with Gasteiger partial charge in [-0.25, -0.2) is 0 Å². The van der Waals surface area contributed by atoms with Gasteiger partial charge in [-0.1, -0.05) is 72.8 Å². The third-order valence-corrected chi connectivity index (χ3v) is 5.90. The largest absolute Gasteiger partial charge is 0.0848 e. The molecule has 0 radical (unpaired) electrons. The van der Waals surface area contributed by atoms with Crippen LogP contribution in [0.2, 0.25) is 0 Å². The monoisotopic (exact) mass is 258 g/mol. The van der Waals surface area contributed by atoms with Crippen molar-refractivity contribution in [2.75, 3.05) is 0 Å². The Bertz CT molecular complexity index is 608. The third-order valence-electron chi connectivity index (χ3n) is 5.90. The highest BCUT2D eigenvalue weighted by molar-refractivity contribution is 5.53. The van der Waals surface area contributed by atoms with E-state index in [4.69, 9.17) is 0 Å². The molecule has 0 aromatic heterocycles. The second-order valence-electron chi connectivity index (χ2n) is 6.60. The third kappa shape index (κ3) is 1.14. The molecule has 0 nitrogen and oxygen atoms in total. The maximum absolute atomic E-state index is 2.49. The van der Waals surface area contributed by atoms with Crippen LogP contribution in [0.15, 0.2) is 72.8 Å². The van der Waals surface area contributed by atoms with Gasteiger partial charge in [-0.3, -0.25) is 0 Å². The molecule has 20 heavy (non-hydrogen) atoms. The summed E-state index contributed by atoms with van der Waals surface area (Å²) in [6, 6.07) is 22.4. The minimum atomic E-state index is 0.291. The van der Waals surface area contributed by atoms with E-state index in [1.54, 1.807) is 0 Å². The van der Waals surface area contributed by atoms with Crippen LogP contribution in [0.4, 0.5) is 0 Å². The summed E-state index contributed by atoms with van der Waals surface area (Å²) in [6.45, 7) is 0. The summed E-state index contributed by atoms with van der Waals surface area (Å²) in [4.78, 5) is 0. The van der Waals surface area contributed by atoms with Crippen LogP contribution in [-0.4, -0.2) is 0 Å². The topological polar surface area (TPSA) is 0 Å². The Morgan fingerprint density at radius 2 is 1.10 bits per heavy atom. The van der Waals surface area contributed by atoms with Crippen molar-refractivity contribution < 1.29 is 0 Å². The molecule has 0 heterocycles. The van der Waals surface area contributed by atoms with E-state index < -0.39 is 0 Å². The number of benzene rings is 2. The van der Waals surface area contributed by atoms with Crippen LogP contribution in [0.5, 0.6) is 0 Å². The van der Waals surface area contributed by atoms with Crippen molar-refractivity contribution >= 4 is 0 Å². The lowest BCUT2D eigenvalue weighted by Gasteiger charge is -2.25. The van der Waals surface area contributed by atoms with Gasteiger partial charge in [0.05, 0.1) is 0 Å². The van der Waals surface area contributed by atoms with E-state index in [0.717, 1.165) is 23.7 Å². The van der Waals surface area contributed by atoms with Gasteiger partial charge in [0.1, 0.15) is 0 Å². The van der Waals surface area contributed by atoms with Crippen LogP contribution in [0.1, 0.15) is 17.5 Å². The average molecular weight is 258 g/mol. The Hall–Kier alpha value is -1.82. The average Bonchev–Trinajstić information content (AvgIpc) is 2.84. The van der Waals surface area contributed by atoms with E-state index in [9.17, 15) is 0 Å². The molecule has 5 rings (SSSR count). The predicted molar refractivity (Wildman–Crippen MR) is 81.4 cm³/mol. The van der Waals surface area contributed by atoms with Crippen LogP contribution in [-0.2, 0) is 5.41 Å². The smallest absolute Gasteiger partial charge is 0.0277 e. The van der Waals surface area contributed by atoms with Crippen LogP contribution in [0.3, 0.4) is 0 Å². The molecule has 2 aromatic rings. The Kier molecular flexibility index (Phi) is 1.98. The molecule has 2 fully saturated rings. The fourth-order valence-corrected chi connectivity index (χ4v) is 5.30. The molecular formula is C20H18. The molecule has 0 unspecified atom stereocenters. The van der Waals surface area contributed by atoms with E-state index in [0.29, 0.717) is 5.41 Å². The van der Waals surface area contributed by atoms with Gasteiger partial charge in [0.15, 0.2) is 0 Å². The molecule has 3 aliphatic rings. The SMILES string of the molecule is C1=C[C@H]2C[C@@H]1[C@H]1[C@@H]2C1(c1ccccc1)c1ccccc1. The van der Waals surface area contributed by atoms with Gasteiger partial charge in [0.25, 0.3) is 0 Å². The zero-order chi connectivity index (χ0) is 13.2. The molecular weight excluding hydrogens is 240 g/mol. The normalized spacial score (nSPS) is 35.0. The first-order valence-corrected chi connectivity index (χ1v) is 7.72. The lowest BCUT2D eigenvalue weighted by Crippen LogP contribution is -2.20. The lowest BCUT2D eigenvalue weighted by molar-refractivity contribution is 0.478. The summed E-state index contributed by atoms with van der Waals surface area (Å²) in [6.07, 6.45) is 6.37. The highest BCUT2D eigenvalue weighted by atomic mass is 14.8. The van der Waals surface area contributed by atoms with E-state index in [-0.39, 0.29) is 0 Å². The Morgan fingerprint density at radius 1 is 0.650 bits per heavy atom. The zero-order valence-corrected chi connectivity index (χ0v) is 11.4. The number of hydrogen-bond donors (Lipinski definition) is 0. The summed E-state index contributed by atoms with van der Waals surface area (Å²) in [5.41, 5.74) is 3.35. The van der Waals surface area contributed by atoms with Gasteiger partial charge in [-0.15, -0.1) is 0 Å². The maximum atomic E-state index is 2.49. The number of allylic oxidation sites excluding steroid dienone is 2. The van der Waals surface area contributed by atoms with Crippen LogP contribution >= 0.6 is 0 Å². The molecule has 0 spiro atoms. The van der Waals surface area contributed by atoms with E-state index >= 15 is 0 Å². The highest BCUT2D eigenvalue weighted by Crippen LogP contribution is 2.76. The maximum Gasteiger partial charge on any atom is 0.0277 e. The predicted octanol–water partition coefficient (Wildman–Crippen LogP) is 4.42. The fourth-order valence-electron chi connectivity index (χ4n) is 5.30. The summed E-state index contributed by atoms with van der Waals surface area (Å²) in [5, 5.41) is 0.